The van der Waals surface area contributed by atoms with Gasteiger partial charge in [0.05, 0.1) is 13.0 Å². The molecule has 120 valence electrons. The summed E-state index contributed by atoms with van der Waals surface area (Å²) < 4.78 is 5.31. The van der Waals surface area contributed by atoms with Crippen molar-refractivity contribution in [1.82, 2.24) is 10.2 Å². The SMILES string of the molecule is COc1ccccc1CN1C[C@@H](C(=O)NC(C)(C)C)CC1=O. The minimum absolute atomic E-state index is 0.0139. The first-order valence-corrected chi connectivity index (χ1v) is 7.52. The molecule has 1 N–H and O–H groups in total. The first kappa shape index (κ1) is 16.3. The smallest absolute Gasteiger partial charge is 0.225 e. The third kappa shape index (κ3) is 4.00. The van der Waals surface area contributed by atoms with E-state index in [4.69, 9.17) is 4.74 Å². The molecule has 2 amide bonds. The van der Waals surface area contributed by atoms with Crippen LogP contribution in [0.2, 0.25) is 0 Å². The summed E-state index contributed by atoms with van der Waals surface area (Å²) in [5, 5.41) is 2.95. The van der Waals surface area contributed by atoms with E-state index in [0.29, 0.717) is 13.1 Å². The molecule has 1 fully saturated rings. The fourth-order valence-corrected chi connectivity index (χ4v) is 2.61. The molecule has 0 spiro atoms. The molecule has 0 radical (unpaired) electrons. The van der Waals surface area contributed by atoms with Crippen molar-refractivity contribution < 1.29 is 14.3 Å². The Hall–Kier alpha value is -2.04. The van der Waals surface area contributed by atoms with E-state index in [1.54, 1.807) is 12.0 Å². The molecule has 1 heterocycles. The van der Waals surface area contributed by atoms with Crippen molar-refractivity contribution in [3.8, 4) is 5.75 Å². The van der Waals surface area contributed by atoms with Crippen LogP contribution in [0.4, 0.5) is 0 Å². The first-order chi connectivity index (χ1) is 10.3. The highest BCUT2D eigenvalue weighted by molar-refractivity contribution is 5.89. The lowest BCUT2D eigenvalue weighted by Gasteiger charge is -2.23. The molecule has 1 aromatic carbocycles. The lowest BCUT2D eigenvalue weighted by atomic mass is 10.0. The molecule has 0 aromatic heterocycles. The molecule has 1 saturated heterocycles. The van der Waals surface area contributed by atoms with Crippen LogP contribution >= 0.6 is 0 Å². The van der Waals surface area contributed by atoms with Gasteiger partial charge in [-0.15, -0.1) is 0 Å². The number of carbonyl (C=O) groups excluding carboxylic acids is 2. The van der Waals surface area contributed by atoms with Crippen molar-refractivity contribution in [3.63, 3.8) is 0 Å². The second-order valence-corrected chi connectivity index (χ2v) is 6.73. The number of carbonyl (C=O) groups is 2. The molecular formula is C17H24N2O3. The molecule has 5 heteroatoms. The van der Waals surface area contributed by atoms with Crippen LogP contribution in [-0.4, -0.2) is 35.9 Å². The molecule has 2 rings (SSSR count). The molecular weight excluding hydrogens is 280 g/mol. The molecule has 1 aromatic rings. The van der Waals surface area contributed by atoms with Crippen molar-refractivity contribution in [2.45, 2.75) is 39.3 Å². The minimum atomic E-state index is -0.282. The van der Waals surface area contributed by atoms with Crippen LogP contribution in [0, 0.1) is 5.92 Å². The summed E-state index contributed by atoms with van der Waals surface area (Å²) in [5.41, 5.74) is 0.672. The Balaban J connectivity index is 2.02. The molecule has 0 unspecified atom stereocenters. The number of likely N-dealkylation sites (tertiary alicyclic amines) is 1. The van der Waals surface area contributed by atoms with Crippen LogP contribution < -0.4 is 10.1 Å². The van der Waals surface area contributed by atoms with Gasteiger partial charge in [0.25, 0.3) is 0 Å². The van der Waals surface area contributed by atoms with E-state index in [0.717, 1.165) is 11.3 Å². The summed E-state index contributed by atoms with van der Waals surface area (Å²) in [6.07, 6.45) is 0.275. The van der Waals surface area contributed by atoms with Crippen molar-refractivity contribution >= 4 is 11.8 Å². The third-order valence-electron chi connectivity index (χ3n) is 3.64. The number of hydrogen-bond donors (Lipinski definition) is 1. The second kappa shape index (κ2) is 6.38. The Kier molecular flexibility index (Phi) is 4.74. The van der Waals surface area contributed by atoms with E-state index in [1.807, 2.05) is 45.0 Å². The maximum absolute atomic E-state index is 12.2. The second-order valence-electron chi connectivity index (χ2n) is 6.73. The summed E-state index contributed by atoms with van der Waals surface area (Å²) in [6, 6.07) is 7.63. The molecule has 0 bridgehead atoms. The number of ether oxygens (including phenoxy) is 1. The van der Waals surface area contributed by atoms with Crippen LogP contribution in [0.15, 0.2) is 24.3 Å². The van der Waals surface area contributed by atoms with Gasteiger partial charge in [-0.1, -0.05) is 18.2 Å². The van der Waals surface area contributed by atoms with Gasteiger partial charge < -0.3 is 15.0 Å². The van der Waals surface area contributed by atoms with Gasteiger partial charge in [-0.3, -0.25) is 9.59 Å². The lowest BCUT2D eigenvalue weighted by Crippen LogP contribution is -2.44. The summed E-state index contributed by atoms with van der Waals surface area (Å²) in [7, 11) is 1.62. The highest BCUT2D eigenvalue weighted by atomic mass is 16.5. The predicted molar refractivity (Wildman–Crippen MR) is 84.4 cm³/mol. The average molecular weight is 304 g/mol. The van der Waals surface area contributed by atoms with Crippen molar-refractivity contribution in [3.05, 3.63) is 29.8 Å². The number of hydrogen-bond acceptors (Lipinski definition) is 3. The molecule has 0 aliphatic carbocycles. The topological polar surface area (TPSA) is 58.6 Å². The Morgan fingerprint density at radius 1 is 1.36 bits per heavy atom. The molecule has 22 heavy (non-hydrogen) atoms. The van der Waals surface area contributed by atoms with Crippen LogP contribution in [0.1, 0.15) is 32.8 Å². The van der Waals surface area contributed by atoms with Crippen molar-refractivity contribution in [2.24, 2.45) is 5.92 Å². The fraction of sp³-hybridized carbons (Fsp3) is 0.529. The third-order valence-corrected chi connectivity index (χ3v) is 3.64. The highest BCUT2D eigenvalue weighted by Crippen LogP contribution is 2.25. The quantitative estimate of drug-likeness (QED) is 0.925. The summed E-state index contributed by atoms with van der Waals surface area (Å²) in [5.74, 6) is 0.447. The van der Waals surface area contributed by atoms with Crippen LogP contribution in [0.5, 0.6) is 5.75 Å². The van der Waals surface area contributed by atoms with E-state index in [1.165, 1.54) is 0 Å². The van der Waals surface area contributed by atoms with Gasteiger partial charge in [0.2, 0.25) is 11.8 Å². The number of rotatable bonds is 4. The summed E-state index contributed by atoms with van der Waals surface area (Å²) in [4.78, 5) is 26.1. The Bertz CT molecular complexity index is 563. The Morgan fingerprint density at radius 2 is 2.05 bits per heavy atom. The largest absolute Gasteiger partial charge is 0.496 e. The van der Waals surface area contributed by atoms with Crippen molar-refractivity contribution in [1.29, 1.82) is 0 Å². The zero-order valence-corrected chi connectivity index (χ0v) is 13.7. The van der Waals surface area contributed by atoms with Gasteiger partial charge >= 0.3 is 0 Å². The Morgan fingerprint density at radius 3 is 2.68 bits per heavy atom. The number of nitrogens with one attached hydrogen (secondary N) is 1. The number of amides is 2. The first-order valence-electron chi connectivity index (χ1n) is 7.52. The number of methoxy groups -OCH3 is 1. The monoisotopic (exact) mass is 304 g/mol. The van der Waals surface area contributed by atoms with Gasteiger partial charge in [0.1, 0.15) is 5.75 Å². The van der Waals surface area contributed by atoms with Gasteiger partial charge in [-0.25, -0.2) is 0 Å². The fourth-order valence-electron chi connectivity index (χ4n) is 2.61. The average Bonchev–Trinajstić information content (AvgIpc) is 2.79. The molecule has 1 aliphatic rings. The molecule has 5 nitrogen and oxygen atoms in total. The maximum atomic E-state index is 12.2. The number of benzene rings is 1. The molecule has 1 aliphatic heterocycles. The molecule has 1 atom stereocenters. The normalized spacial score (nSPS) is 18.5. The lowest BCUT2D eigenvalue weighted by molar-refractivity contribution is -0.129. The Labute approximate surface area is 131 Å². The van der Waals surface area contributed by atoms with Crippen LogP contribution in [0.25, 0.3) is 0 Å². The van der Waals surface area contributed by atoms with Crippen LogP contribution in [0.3, 0.4) is 0 Å². The van der Waals surface area contributed by atoms with E-state index in [2.05, 4.69) is 5.32 Å². The van der Waals surface area contributed by atoms with E-state index < -0.39 is 0 Å². The van der Waals surface area contributed by atoms with Crippen molar-refractivity contribution in [2.75, 3.05) is 13.7 Å². The van der Waals surface area contributed by atoms with Gasteiger partial charge in [-0.05, 0) is 26.8 Å². The maximum Gasteiger partial charge on any atom is 0.225 e. The highest BCUT2D eigenvalue weighted by Gasteiger charge is 2.35. The molecule has 0 saturated carbocycles. The zero-order chi connectivity index (χ0) is 16.3. The minimum Gasteiger partial charge on any atom is -0.496 e. The van der Waals surface area contributed by atoms with Gasteiger partial charge in [-0.2, -0.15) is 0 Å². The summed E-state index contributed by atoms with van der Waals surface area (Å²) in [6.45, 7) is 6.75. The number of para-hydroxylation sites is 1. The number of nitrogens with zero attached hydrogens (tertiary/aromatic N) is 1. The van der Waals surface area contributed by atoms with Gasteiger partial charge in [0, 0.05) is 30.6 Å². The predicted octanol–water partition coefficient (Wildman–Crippen LogP) is 1.96. The zero-order valence-electron chi connectivity index (χ0n) is 13.7. The van der Waals surface area contributed by atoms with E-state index in [-0.39, 0.29) is 29.7 Å². The van der Waals surface area contributed by atoms with Crippen LogP contribution in [-0.2, 0) is 16.1 Å². The van der Waals surface area contributed by atoms with E-state index in [9.17, 15) is 9.59 Å². The standard InChI is InChI=1S/C17H24N2O3/c1-17(2,3)18-16(21)13-9-15(20)19(11-13)10-12-7-5-6-8-14(12)22-4/h5-8,13H,9-11H2,1-4H3,(H,18,21)/t13-/m0/s1. The van der Waals surface area contributed by atoms with E-state index >= 15 is 0 Å². The summed E-state index contributed by atoms with van der Waals surface area (Å²) >= 11 is 0. The van der Waals surface area contributed by atoms with Gasteiger partial charge in [0.15, 0.2) is 0 Å².